The molecule has 0 bridgehead atoms. The minimum absolute atomic E-state index is 0. The van der Waals surface area contributed by atoms with Crippen LogP contribution in [-0.2, 0) is 40.0 Å². The summed E-state index contributed by atoms with van der Waals surface area (Å²) in [7, 11) is 6.07. The topological polar surface area (TPSA) is 50.4 Å². The summed E-state index contributed by atoms with van der Waals surface area (Å²) >= 11 is 6.11. The highest BCUT2D eigenvalue weighted by Gasteiger charge is 2.15. The Balaban J connectivity index is 0.00000364. The Hall–Kier alpha value is -1.22. The summed E-state index contributed by atoms with van der Waals surface area (Å²) in [4.78, 5) is 7.01. The van der Waals surface area contributed by atoms with Gasteiger partial charge in [-0.2, -0.15) is 5.10 Å². The largest absolute Gasteiger partial charge is 0.357 e. The molecule has 152 valence electrons. The Bertz CT molecular complexity index is 765. The zero-order valence-electron chi connectivity index (χ0n) is 17.2. The van der Waals surface area contributed by atoms with E-state index in [2.05, 4.69) is 36.1 Å². The lowest BCUT2D eigenvalue weighted by molar-refractivity contribution is 0.462. The fourth-order valence-corrected chi connectivity index (χ4v) is 3.51. The lowest BCUT2D eigenvalue weighted by Crippen LogP contribution is -2.38. The lowest BCUT2D eigenvalue weighted by Gasteiger charge is -2.22. The minimum Gasteiger partial charge on any atom is -0.357 e. The predicted octanol–water partition coefficient (Wildman–Crippen LogP) is 3.75. The number of nitrogens with one attached hydrogen (secondary N) is 1. The molecule has 6 nitrogen and oxygen atoms in total. The molecule has 0 aliphatic carbocycles. The highest BCUT2D eigenvalue weighted by atomic mass is 127. The molecule has 2 rings (SSSR count). The average Bonchev–Trinajstić information content (AvgIpc) is 3.08. The number of nitrogens with zero attached hydrogens (tertiary/aromatic N) is 5. The third-order valence-corrected chi connectivity index (χ3v) is 4.79. The number of halogens is 2. The Morgan fingerprint density at radius 2 is 1.96 bits per heavy atom. The second kappa shape index (κ2) is 10.9. The third kappa shape index (κ3) is 5.88. The molecule has 0 spiro atoms. The standard InChI is InChI=1S/C19H31ClN6.HI/c1-7-17-16(18(8-2)26(6)23-17)11-22-19(21-9-3)25(5)13-15-10-14(20)12-24(15)4;/h10,12H,7-9,11,13H2,1-6H3,(H,21,22);1H. The van der Waals surface area contributed by atoms with E-state index in [1.165, 1.54) is 11.3 Å². The molecule has 0 fully saturated rings. The van der Waals surface area contributed by atoms with Gasteiger partial charge in [-0.25, -0.2) is 4.99 Å². The first-order valence-corrected chi connectivity index (χ1v) is 9.62. The predicted molar refractivity (Wildman–Crippen MR) is 124 cm³/mol. The molecule has 0 saturated heterocycles. The first kappa shape index (κ1) is 23.8. The van der Waals surface area contributed by atoms with Gasteiger partial charge in [0.2, 0.25) is 0 Å². The van der Waals surface area contributed by atoms with Crippen LogP contribution in [0.1, 0.15) is 43.4 Å². The minimum atomic E-state index is 0. The van der Waals surface area contributed by atoms with Crippen LogP contribution >= 0.6 is 35.6 Å². The molecule has 1 N–H and O–H groups in total. The number of rotatable bonds is 7. The van der Waals surface area contributed by atoms with Crippen molar-refractivity contribution in [2.45, 2.75) is 46.7 Å². The van der Waals surface area contributed by atoms with E-state index in [0.717, 1.165) is 48.3 Å². The summed E-state index contributed by atoms with van der Waals surface area (Å²) in [6.45, 7) is 8.60. The van der Waals surface area contributed by atoms with Crippen molar-refractivity contribution < 1.29 is 0 Å². The summed E-state index contributed by atoms with van der Waals surface area (Å²) in [5.74, 6) is 0.887. The van der Waals surface area contributed by atoms with E-state index in [0.29, 0.717) is 6.54 Å². The number of aryl methyl sites for hydroxylation is 3. The van der Waals surface area contributed by atoms with E-state index >= 15 is 0 Å². The van der Waals surface area contributed by atoms with Gasteiger partial charge < -0.3 is 14.8 Å². The summed E-state index contributed by atoms with van der Waals surface area (Å²) in [5, 5.41) is 8.79. The molecule has 0 saturated carbocycles. The normalized spacial score (nSPS) is 11.4. The van der Waals surface area contributed by atoms with E-state index < -0.39 is 0 Å². The maximum Gasteiger partial charge on any atom is 0.194 e. The van der Waals surface area contributed by atoms with Gasteiger partial charge in [-0.15, -0.1) is 24.0 Å². The average molecular weight is 507 g/mol. The van der Waals surface area contributed by atoms with E-state index in [1.54, 1.807) is 0 Å². The fraction of sp³-hybridized carbons (Fsp3) is 0.579. The maximum absolute atomic E-state index is 6.11. The summed E-state index contributed by atoms with van der Waals surface area (Å²) < 4.78 is 4.04. The molecule has 0 aliphatic heterocycles. The summed E-state index contributed by atoms with van der Waals surface area (Å²) in [5.41, 5.74) is 4.80. The molecule has 0 unspecified atom stereocenters. The van der Waals surface area contributed by atoms with Crippen LogP contribution in [0.25, 0.3) is 0 Å². The van der Waals surface area contributed by atoms with Gasteiger partial charge in [-0.3, -0.25) is 4.68 Å². The van der Waals surface area contributed by atoms with Gasteiger partial charge >= 0.3 is 0 Å². The number of guanidine groups is 1. The van der Waals surface area contributed by atoms with Gasteiger partial charge in [0, 0.05) is 50.8 Å². The van der Waals surface area contributed by atoms with Crippen LogP contribution in [0.15, 0.2) is 17.3 Å². The van der Waals surface area contributed by atoms with Crippen molar-refractivity contribution in [3.8, 4) is 0 Å². The Morgan fingerprint density at radius 1 is 1.26 bits per heavy atom. The molecule has 0 atom stereocenters. The molecule has 0 amide bonds. The Labute approximate surface area is 185 Å². The van der Waals surface area contributed by atoms with Crippen LogP contribution in [-0.4, -0.2) is 38.8 Å². The van der Waals surface area contributed by atoms with Gasteiger partial charge in [0.25, 0.3) is 0 Å². The number of aromatic nitrogens is 3. The van der Waals surface area contributed by atoms with Gasteiger partial charge in [-0.1, -0.05) is 25.4 Å². The van der Waals surface area contributed by atoms with E-state index in [9.17, 15) is 0 Å². The van der Waals surface area contributed by atoms with Crippen molar-refractivity contribution in [2.24, 2.45) is 19.1 Å². The third-order valence-electron chi connectivity index (χ3n) is 4.58. The van der Waals surface area contributed by atoms with Gasteiger partial charge in [-0.05, 0) is 25.8 Å². The van der Waals surface area contributed by atoms with Crippen LogP contribution in [0.2, 0.25) is 5.02 Å². The van der Waals surface area contributed by atoms with Crippen LogP contribution in [0.5, 0.6) is 0 Å². The molecule has 0 aromatic carbocycles. The van der Waals surface area contributed by atoms with Gasteiger partial charge in [0.05, 0.1) is 23.8 Å². The molecule has 2 aromatic heterocycles. The van der Waals surface area contributed by atoms with E-state index in [4.69, 9.17) is 16.6 Å². The smallest absolute Gasteiger partial charge is 0.194 e. The van der Waals surface area contributed by atoms with Crippen molar-refractivity contribution in [2.75, 3.05) is 13.6 Å². The number of aliphatic imine (C=N–C) groups is 1. The molecule has 2 aromatic rings. The van der Waals surface area contributed by atoms with E-state index in [-0.39, 0.29) is 24.0 Å². The number of hydrogen-bond acceptors (Lipinski definition) is 2. The zero-order chi connectivity index (χ0) is 19.3. The highest BCUT2D eigenvalue weighted by Crippen LogP contribution is 2.17. The van der Waals surface area contributed by atoms with Gasteiger partial charge in [0.15, 0.2) is 5.96 Å². The molecule has 0 radical (unpaired) electrons. The molecule has 8 heteroatoms. The van der Waals surface area contributed by atoms with Crippen LogP contribution in [0, 0.1) is 0 Å². The zero-order valence-corrected chi connectivity index (χ0v) is 20.3. The lowest BCUT2D eigenvalue weighted by atomic mass is 10.1. The number of hydrogen-bond donors (Lipinski definition) is 1. The van der Waals surface area contributed by atoms with Crippen molar-refractivity contribution in [3.63, 3.8) is 0 Å². The van der Waals surface area contributed by atoms with Crippen LogP contribution in [0.4, 0.5) is 0 Å². The van der Waals surface area contributed by atoms with Crippen LogP contribution < -0.4 is 5.32 Å². The highest BCUT2D eigenvalue weighted by molar-refractivity contribution is 14.0. The van der Waals surface area contributed by atoms with Crippen molar-refractivity contribution in [1.82, 2.24) is 24.6 Å². The Kier molecular flexibility index (Phi) is 9.66. The summed E-state index contributed by atoms with van der Waals surface area (Å²) in [6.07, 6.45) is 3.81. The fourth-order valence-electron chi connectivity index (χ4n) is 3.24. The monoisotopic (exact) mass is 506 g/mol. The molecule has 27 heavy (non-hydrogen) atoms. The quantitative estimate of drug-likeness (QED) is 0.353. The van der Waals surface area contributed by atoms with Crippen molar-refractivity contribution >= 4 is 41.5 Å². The first-order valence-electron chi connectivity index (χ1n) is 9.24. The van der Waals surface area contributed by atoms with Crippen LogP contribution in [0.3, 0.4) is 0 Å². The molecule has 0 aliphatic rings. The van der Waals surface area contributed by atoms with Crippen molar-refractivity contribution in [1.29, 1.82) is 0 Å². The van der Waals surface area contributed by atoms with Crippen molar-refractivity contribution in [3.05, 3.63) is 39.9 Å². The molecule has 2 heterocycles. The molecular formula is C19H32ClIN6. The second-order valence-corrected chi connectivity index (χ2v) is 6.93. The second-order valence-electron chi connectivity index (χ2n) is 6.49. The SMILES string of the molecule is CCNC(=NCc1c(CC)nn(C)c1CC)N(C)Cc1cc(Cl)cn1C.I. The van der Waals surface area contributed by atoms with Gasteiger partial charge in [0.1, 0.15) is 0 Å². The molecular weight excluding hydrogens is 475 g/mol. The Morgan fingerprint density at radius 3 is 2.48 bits per heavy atom. The summed E-state index contributed by atoms with van der Waals surface area (Å²) in [6, 6.07) is 1.99. The maximum atomic E-state index is 6.11. The van der Waals surface area contributed by atoms with E-state index in [1.807, 2.05) is 42.7 Å². The first-order chi connectivity index (χ1) is 12.4.